The fourth-order valence-electron chi connectivity index (χ4n) is 3.28. The molecule has 0 atom stereocenters. The summed E-state index contributed by atoms with van der Waals surface area (Å²) < 4.78 is 0. The van der Waals surface area contributed by atoms with E-state index in [0.717, 1.165) is 35.4 Å². The van der Waals surface area contributed by atoms with Crippen molar-refractivity contribution in [1.29, 1.82) is 0 Å². The van der Waals surface area contributed by atoms with Crippen LogP contribution in [0.3, 0.4) is 0 Å². The van der Waals surface area contributed by atoms with Crippen LogP contribution in [0.1, 0.15) is 47.2 Å². The Morgan fingerprint density at radius 3 is 2.50 bits per heavy atom. The van der Waals surface area contributed by atoms with E-state index >= 15 is 0 Å². The molecule has 1 saturated carbocycles. The summed E-state index contributed by atoms with van der Waals surface area (Å²) in [7, 11) is 0. The van der Waals surface area contributed by atoms with E-state index in [1.165, 1.54) is 12.8 Å². The Morgan fingerprint density at radius 1 is 1.11 bits per heavy atom. The minimum absolute atomic E-state index is 0.117. The first-order valence-electron chi connectivity index (χ1n) is 9.55. The molecule has 2 N–H and O–H groups in total. The second-order valence-electron chi connectivity index (χ2n) is 7.16. The number of thioether (sulfide) groups is 1. The van der Waals surface area contributed by atoms with Gasteiger partial charge in [0.1, 0.15) is 0 Å². The van der Waals surface area contributed by atoms with Crippen molar-refractivity contribution in [2.24, 2.45) is 0 Å². The highest BCUT2D eigenvalue weighted by atomic mass is 35.5. The Labute approximate surface area is 175 Å². The van der Waals surface area contributed by atoms with E-state index in [1.54, 1.807) is 23.9 Å². The number of halogens is 1. The largest absolute Gasteiger partial charge is 0.353 e. The maximum absolute atomic E-state index is 12.4. The third-order valence-electron chi connectivity index (χ3n) is 4.85. The number of aryl methyl sites for hydroxylation is 1. The zero-order chi connectivity index (χ0) is 19.9. The average Bonchev–Trinajstić information content (AvgIpc) is 3.18. The molecule has 0 aliphatic heterocycles. The molecule has 0 bridgehead atoms. The Kier molecular flexibility index (Phi) is 7.40. The highest BCUT2D eigenvalue weighted by Gasteiger charge is 2.16. The quantitative estimate of drug-likeness (QED) is 0.652. The molecular formula is C22H25ClN2O2S. The summed E-state index contributed by atoms with van der Waals surface area (Å²) >= 11 is 7.61. The summed E-state index contributed by atoms with van der Waals surface area (Å²) in [4.78, 5) is 24.3. The second-order valence-corrected chi connectivity index (χ2v) is 8.55. The van der Waals surface area contributed by atoms with Gasteiger partial charge < -0.3 is 10.6 Å². The molecule has 1 aliphatic carbocycles. The van der Waals surface area contributed by atoms with Gasteiger partial charge in [0.2, 0.25) is 5.91 Å². The molecule has 6 heteroatoms. The van der Waals surface area contributed by atoms with Gasteiger partial charge in [0.25, 0.3) is 5.91 Å². The standard InChI is InChI=1S/C22H25ClN2O2S/c1-15-12-19(10-11-20(15)23)25-22(27)17-8-6-16(7-9-17)13-28-14-21(26)24-18-4-2-3-5-18/h6-12,18H,2-5,13-14H2,1H3,(H,24,26)(H,25,27). The lowest BCUT2D eigenvalue weighted by atomic mass is 10.1. The molecule has 148 valence electrons. The Morgan fingerprint density at radius 2 is 1.82 bits per heavy atom. The summed E-state index contributed by atoms with van der Waals surface area (Å²) in [5, 5.41) is 6.66. The molecule has 0 radical (unpaired) electrons. The number of nitrogens with one attached hydrogen (secondary N) is 2. The van der Waals surface area contributed by atoms with Gasteiger partial charge in [-0.15, -0.1) is 11.8 Å². The molecule has 2 amide bonds. The Balaban J connectivity index is 1.45. The topological polar surface area (TPSA) is 58.2 Å². The van der Waals surface area contributed by atoms with Crippen LogP contribution in [-0.2, 0) is 10.5 Å². The van der Waals surface area contributed by atoms with Crippen molar-refractivity contribution < 1.29 is 9.59 Å². The minimum atomic E-state index is -0.156. The summed E-state index contributed by atoms with van der Waals surface area (Å²) in [6.07, 6.45) is 4.65. The lowest BCUT2D eigenvalue weighted by Crippen LogP contribution is -2.33. The van der Waals surface area contributed by atoms with Crippen LogP contribution in [0.5, 0.6) is 0 Å². The Hall–Kier alpha value is -1.98. The van der Waals surface area contributed by atoms with Crippen molar-refractivity contribution in [3.63, 3.8) is 0 Å². The molecule has 0 heterocycles. The second kappa shape index (κ2) is 9.99. The van der Waals surface area contributed by atoms with Crippen LogP contribution in [-0.4, -0.2) is 23.6 Å². The number of amides is 2. The average molecular weight is 417 g/mol. The number of hydrogen-bond donors (Lipinski definition) is 2. The molecule has 1 fully saturated rings. The fourth-order valence-corrected chi connectivity index (χ4v) is 4.20. The van der Waals surface area contributed by atoms with E-state index in [1.807, 2.05) is 37.3 Å². The Bertz CT molecular complexity index is 833. The van der Waals surface area contributed by atoms with Gasteiger partial charge in [-0.25, -0.2) is 0 Å². The van der Waals surface area contributed by atoms with Gasteiger partial charge in [-0.3, -0.25) is 9.59 Å². The van der Waals surface area contributed by atoms with Crippen molar-refractivity contribution in [3.05, 3.63) is 64.2 Å². The summed E-state index contributed by atoms with van der Waals surface area (Å²) in [6, 6.07) is 13.3. The lowest BCUT2D eigenvalue weighted by molar-refractivity contribution is -0.119. The van der Waals surface area contributed by atoms with E-state index in [0.29, 0.717) is 22.4 Å². The van der Waals surface area contributed by atoms with E-state index < -0.39 is 0 Å². The SMILES string of the molecule is Cc1cc(NC(=O)c2ccc(CSCC(=O)NC3CCCC3)cc2)ccc1Cl. The maximum Gasteiger partial charge on any atom is 0.255 e. The number of benzene rings is 2. The highest BCUT2D eigenvalue weighted by molar-refractivity contribution is 7.99. The number of carbonyl (C=O) groups excluding carboxylic acids is 2. The molecule has 28 heavy (non-hydrogen) atoms. The molecule has 2 aromatic rings. The van der Waals surface area contributed by atoms with E-state index in [-0.39, 0.29) is 11.8 Å². The number of carbonyl (C=O) groups is 2. The van der Waals surface area contributed by atoms with Crippen LogP contribution >= 0.6 is 23.4 Å². The molecule has 4 nitrogen and oxygen atoms in total. The van der Waals surface area contributed by atoms with Gasteiger partial charge in [-0.05, 0) is 61.2 Å². The zero-order valence-corrected chi connectivity index (χ0v) is 17.5. The summed E-state index contributed by atoms with van der Waals surface area (Å²) in [5.41, 5.74) is 3.33. The third-order valence-corrected chi connectivity index (χ3v) is 6.28. The fraction of sp³-hybridized carbons (Fsp3) is 0.364. The van der Waals surface area contributed by atoms with Crippen molar-refractivity contribution in [1.82, 2.24) is 5.32 Å². The smallest absolute Gasteiger partial charge is 0.255 e. The van der Waals surface area contributed by atoms with Gasteiger partial charge >= 0.3 is 0 Å². The number of hydrogen-bond acceptors (Lipinski definition) is 3. The van der Waals surface area contributed by atoms with Crippen LogP contribution in [0.25, 0.3) is 0 Å². The van der Waals surface area contributed by atoms with Gasteiger partial charge in [-0.1, -0.05) is 36.6 Å². The van der Waals surface area contributed by atoms with Crippen LogP contribution in [0.4, 0.5) is 5.69 Å². The van der Waals surface area contributed by atoms with E-state index in [4.69, 9.17) is 11.6 Å². The predicted octanol–water partition coefficient (Wildman–Crippen LogP) is 5.19. The normalized spacial score (nSPS) is 14.1. The van der Waals surface area contributed by atoms with Crippen LogP contribution in [0.15, 0.2) is 42.5 Å². The highest BCUT2D eigenvalue weighted by Crippen LogP contribution is 2.21. The van der Waals surface area contributed by atoms with Gasteiger partial charge in [0, 0.05) is 28.1 Å². The van der Waals surface area contributed by atoms with Gasteiger partial charge in [-0.2, -0.15) is 0 Å². The monoisotopic (exact) mass is 416 g/mol. The minimum Gasteiger partial charge on any atom is -0.353 e. The number of anilines is 1. The third kappa shape index (κ3) is 6.01. The van der Waals surface area contributed by atoms with Crippen LogP contribution < -0.4 is 10.6 Å². The summed E-state index contributed by atoms with van der Waals surface area (Å²) in [5.74, 6) is 1.17. The number of rotatable bonds is 7. The zero-order valence-electron chi connectivity index (χ0n) is 16.0. The maximum atomic E-state index is 12.4. The molecule has 0 unspecified atom stereocenters. The predicted molar refractivity (Wildman–Crippen MR) is 117 cm³/mol. The first-order chi connectivity index (χ1) is 13.5. The van der Waals surface area contributed by atoms with Crippen molar-refractivity contribution in [2.75, 3.05) is 11.1 Å². The van der Waals surface area contributed by atoms with Gasteiger partial charge in [0.05, 0.1) is 5.75 Å². The molecular weight excluding hydrogens is 392 g/mol. The van der Waals surface area contributed by atoms with Crippen LogP contribution in [0, 0.1) is 6.92 Å². The molecule has 1 aliphatic rings. The molecule has 0 aromatic heterocycles. The molecule has 0 saturated heterocycles. The van der Waals surface area contributed by atoms with Gasteiger partial charge in [0.15, 0.2) is 0 Å². The summed E-state index contributed by atoms with van der Waals surface area (Å²) in [6.45, 7) is 1.90. The van der Waals surface area contributed by atoms with Crippen LogP contribution in [0.2, 0.25) is 5.02 Å². The van der Waals surface area contributed by atoms with Crippen molar-refractivity contribution >= 4 is 40.9 Å². The van der Waals surface area contributed by atoms with Crippen molar-refractivity contribution in [2.45, 2.75) is 44.4 Å². The van der Waals surface area contributed by atoms with E-state index in [9.17, 15) is 9.59 Å². The van der Waals surface area contributed by atoms with Crippen molar-refractivity contribution in [3.8, 4) is 0 Å². The molecule has 3 rings (SSSR count). The first kappa shape index (κ1) is 20.7. The molecule has 0 spiro atoms. The van der Waals surface area contributed by atoms with E-state index in [2.05, 4.69) is 10.6 Å². The molecule has 2 aromatic carbocycles. The first-order valence-corrected chi connectivity index (χ1v) is 11.1. The lowest BCUT2D eigenvalue weighted by Gasteiger charge is -2.11.